The van der Waals surface area contributed by atoms with Crippen LogP contribution in [0.2, 0.25) is 0 Å². The molecule has 0 saturated heterocycles. The van der Waals surface area contributed by atoms with E-state index in [-0.39, 0.29) is 0 Å². The summed E-state index contributed by atoms with van der Waals surface area (Å²) in [4.78, 5) is 0. The van der Waals surface area contributed by atoms with Gasteiger partial charge in [-0.1, -0.05) is 25.2 Å². The second kappa shape index (κ2) is 5.74. The Balaban J connectivity index is 1.62. The first-order valence-corrected chi connectivity index (χ1v) is 7.51. The highest BCUT2D eigenvalue weighted by Crippen LogP contribution is 2.43. The second-order valence-corrected chi connectivity index (χ2v) is 6.06. The molecule has 0 heterocycles. The van der Waals surface area contributed by atoms with Crippen LogP contribution in [0.5, 0.6) is 5.75 Å². The number of nitrogens with one attached hydrogen (secondary N) is 1. The molecule has 0 radical (unpaired) electrons. The van der Waals surface area contributed by atoms with Gasteiger partial charge in [-0.15, -0.1) is 0 Å². The van der Waals surface area contributed by atoms with Crippen LogP contribution in [0.15, 0.2) is 48.1 Å². The molecule has 1 N–H and O–H groups in total. The van der Waals surface area contributed by atoms with Crippen LogP contribution < -0.4 is 10.1 Å². The quantitative estimate of drug-likeness (QED) is 0.881. The van der Waals surface area contributed by atoms with Crippen molar-refractivity contribution in [2.45, 2.75) is 19.8 Å². The van der Waals surface area contributed by atoms with Crippen molar-refractivity contribution in [1.82, 2.24) is 0 Å². The van der Waals surface area contributed by atoms with Crippen molar-refractivity contribution in [3.05, 3.63) is 48.1 Å². The van der Waals surface area contributed by atoms with Crippen molar-refractivity contribution in [1.29, 1.82) is 0 Å². The lowest BCUT2D eigenvalue weighted by Crippen LogP contribution is -2.18. The van der Waals surface area contributed by atoms with Crippen LogP contribution in [-0.4, -0.2) is 13.7 Å². The van der Waals surface area contributed by atoms with E-state index in [1.165, 1.54) is 12.8 Å². The molecule has 1 saturated carbocycles. The summed E-state index contributed by atoms with van der Waals surface area (Å²) in [5.41, 5.74) is 2.71. The summed E-state index contributed by atoms with van der Waals surface area (Å²) in [5.74, 6) is 3.28. The Morgan fingerprint density at radius 2 is 2.00 bits per heavy atom. The standard InChI is InChI=1S/C18H23NO/c1-13-10-14-4-3-5-15(18(14)11-13)12-19-16-6-8-17(20-2)9-7-16/h3-9,13-14,18-19H,10-12H2,1-2H3. The van der Waals surface area contributed by atoms with Gasteiger partial charge in [-0.05, 0) is 60.4 Å². The zero-order valence-electron chi connectivity index (χ0n) is 12.3. The van der Waals surface area contributed by atoms with Crippen LogP contribution in [0.25, 0.3) is 0 Å². The minimum absolute atomic E-state index is 0.751. The lowest BCUT2D eigenvalue weighted by Gasteiger charge is -2.23. The molecular formula is C18H23NO. The molecule has 3 rings (SSSR count). The fourth-order valence-corrected chi connectivity index (χ4v) is 3.52. The highest BCUT2D eigenvalue weighted by atomic mass is 16.5. The molecule has 0 spiro atoms. The molecule has 0 aliphatic heterocycles. The van der Waals surface area contributed by atoms with Gasteiger partial charge in [0.15, 0.2) is 0 Å². The summed E-state index contributed by atoms with van der Waals surface area (Å²) in [6.45, 7) is 3.32. The number of methoxy groups -OCH3 is 1. The fraction of sp³-hybridized carbons (Fsp3) is 0.444. The van der Waals surface area contributed by atoms with Crippen LogP contribution in [0.1, 0.15) is 19.8 Å². The van der Waals surface area contributed by atoms with Crippen molar-refractivity contribution in [2.75, 3.05) is 19.0 Å². The monoisotopic (exact) mass is 269 g/mol. The Kier molecular flexibility index (Phi) is 3.81. The van der Waals surface area contributed by atoms with Crippen LogP contribution >= 0.6 is 0 Å². The maximum atomic E-state index is 5.18. The Labute approximate surface area is 121 Å². The van der Waals surface area contributed by atoms with E-state index < -0.39 is 0 Å². The summed E-state index contributed by atoms with van der Waals surface area (Å²) in [5, 5.41) is 3.54. The zero-order valence-corrected chi connectivity index (χ0v) is 12.3. The molecule has 2 aliphatic rings. The van der Waals surface area contributed by atoms with E-state index in [4.69, 9.17) is 4.74 Å². The van der Waals surface area contributed by atoms with Gasteiger partial charge in [0.25, 0.3) is 0 Å². The minimum atomic E-state index is 0.751. The van der Waals surface area contributed by atoms with Crippen molar-refractivity contribution in [2.24, 2.45) is 17.8 Å². The highest BCUT2D eigenvalue weighted by molar-refractivity contribution is 5.47. The number of hydrogen-bond acceptors (Lipinski definition) is 2. The van der Waals surface area contributed by atoms with Crippen LogP contribution in [-0.2, 0) is 0 Å². The van der Waals surface area contributed by atoms with Crippen molar-refractivity contribution in [3.63, 3.8) is 0 Å². The van der Waals surface area contributed by atoms with Crippen molar-refractivity contribution < 1.29 is 4.74 Å². The average molecular weight is 269 g/mol. The molecule has 3 unspecified atom stereocenters. The third-order valence-electron chi connectivity index (χ3n) is 4.58. The summed E-state index contributed by atoms with van der Waals surface area (Å²) in [7, 11) is 1.70. The van der Waals surface area contributed by atoms with E-state index >= 15 is 0 Å². The molecule has 1 fully saturated rings. The molecule has 2 aliphatic carbocycles. The topological polar surface area (TPSA) is 21.3 Å². The fourth-order valence-electron chi connectivity index (χ4n) is 3.52. The van der Waals surface area contributed by atoms with Crippen LogP contribution in [0, 0.1) is 17.8 Å². The summed E-state index contributed by atoms with van der Waals surface area (Å²) in [6, 6.07) is 8.15. The Morgan fingerprint density at radius 1 is 1.20 bits per heavy atom. The second-order valence-electron chi connectivity index (χ2n) is 6.06. The first-order chi connectivity index (χ1) is 9.76. The van der Waals surface area contributed by atoms with E-state index in [2.05, 4.69) is 42.6 Å². The van der Waals surface area contributed by atoms with Crippen molar-refractivity contribution in [3.8, 4) is 5.75 Å². The maximum Gasteiger partial charge on any atom is 0.119 e. The maximum absolute atomic E-state index is 5.18. The number of fused-ring (bicyclic) bond motifs is 1. The molecule has 0 aromatic heterocycles. The van der Waals surface area contributed by atoms with E-state index in [1.807, 2.05) is 12.1 Å². The number of benzene rings is 1. The van der Waals surface area contributed by atoms with E-state index in [1.54, 1.807) is 12.7 Å². The molecule has 2 heteroatoms. The zero-order chi connectivity index (χ0) is 13.9. The van der Waals surface area contributed by atoms with Gasteiger partial charge in [-0.25, -0.2) is 0 Å². The third kappa shape index (κ3) is 2.74. The normalized spacial score (nSPS) is 27.9. The number of anilines is 1. The summed E-state index contributed by atoms with van der Waals surface area (Å²) >= 11 is 0. The highest BCUT2D eigenvalue weighted by Gasteiger charge is 2.33. The molecule has 20 heavy (non-hydrogen) atoms. The number of ether oxygens (including phenoxy) is 1. The predicted molar refractivity (Wildman–Crippen MR) is 84.1 cm³/mol. The van der Waals surface area contributed by atoms with Gasteiger partial charge < -0.3 is 10.1 Å². The predicted octanol–water partition coefficient (Wildman–Crippen LogP) is 4.27. The Bertz CT molecular complexity index is 515. The Hall–Kier alpha value is -1.70. The SMILES string of the molecule is COc1ccc(NCC2=CC=CC3CC(C)CC23)cc1. The molecule has 2 nitrogen and oxygen atoms in total. The molecule has 0 bridgehead atoms. The molecule has 1 aromatic carbocycles. The van der Waals surface area contributed by atoms with E-state index in [9.17, 15) is 0 Å². The molecular weight excluding hydrogens is 246 g/mol. The van der Waals surface area contributed by atoms with E-state index in [0.717, 1.165) is 35.7 Å². The van der Waals surface area contributed by atoms with Gasteiger partial charge in [0.05, 0.1) is 7.11 Å². The van der Waals surface area contributed by atoms with Gasteiger partial charge in [0.1, 0.15) is 5.75 Å². The Morgan fingerprint density at radius 3 is 2.75 bits per heavy atom. The largest absolute Gasteiger partial charge is 0.497 e. The smallest absolute Gasteiger partial charge is 0.119 e. The van der Waals surface area contributed by atoms with E-state index in [0.29, 0.717) is 0 Å². The first-order valence-electron chi connectivity index (χ1n) is 7.51. The van der Waals surface area contributed by atoms with Gasteiger partial charge in [0, 0.05) is 12.2 Å². The van der Waals surface area contributed by atoms with Gasteiger partial charge >= 0.3 is 0 Å². The van der Waals surface area contributed by atoms with Crippen LogP contribution in [0.3, 0.4) is 0 Å². The van der Waals surface area contributed by atoms with Gasteiger partial charge in [-0.2, -0.15) is 0 Å². The number of allylic oxidation sites excluding steroid dienone is 3. The molecule has 106 valence electrons. The minimum Gasteiger partial charge on any atom is -0.497 e. The van der Waals surface area contributed by atoms with Gasteiger partial charge in [0.2, 0.25) is 0 Å². The lowest BCUT2D eigenvalue weighted by molar-refractivity contribution is 0.415. The van der Waals surface area contributed by atoms with Crippen molar-refractivity contribution >= 4 is 5.69 Å². The molecule has 3 atom stereocenters. The first kappa shape index (κ1) is 13.3. The third-order valence-corrected chi connectivity index (χ3v) is 4.58. The molecule has 0 amide bonds. The van der Waals surface area contributed by atoms with Gasteiger partial charge in [-0.3, -0.25) is 0 Å². The summed E-state index contributed by atoms with van der Waals surface area (Å²) < 4.78 is 5.18. The lowest BCUT2D eigenvalue weighted by atomic mass is 9.85. The number of hydrogen-bond donors (Lipinski definition) is 1. The molecule has 1 aromatic rings. The summed E-state index contributed by atoms with van der Waals surface area (Å²) in [6.07, 6.45) is 9.62. The number of rotatable bonds is 4. The average Bonchev–Trinajstić information content (AvgIpc) is 2.86. The van der Waals surface area contributed by atoms with Crippen LogP contribution in [0.4, 0.5) is 5.69 Å².